The summed E-state index contributed by atoms with van der Waals surface area (Å²) >= 11 is 0. The van der Waals surface area contributed by atoms with Crippen molar-refractivity contribution < 1.29 is 13.9 Å². The second kappa shape index (κ2) is 7.06. The third-order valence-corrected chi connectivity index (χ3v) is 4.28. The fraction of sp³-hybridized carbons (Fsp3) is 0.500. The van der Waals surface area contributed by atoms with Gasteiger partial charge in [-0.25, -0.2) is 9.37 Å². The molecule has 0 aliphatic carbocycles. The van der Waals surface area contributed by atoms with Crippen LogP contribution in [-0.2, 0) is 4.74 Å². The number of pyridine rings is 1. The smallest absolute Gasteiger partial charge is 0.213 e. The first kappa shape index (κ1) is 15.9. The highest BCUT2D eigenvalue weighted by Crippen LogP contribution is 2.34. The summed E-state index contributed by atoms with van der Waals surface area (Å²) in [6, 6.07) is 1.49. The molecule has 1 saturated heterocycles. The zero-order valence-corrected chi connectivity index (χ0v) is 13.3. The van der Waals surface area contributed by atoms with E-state index in [9.17, 15) is 4.39 Å². The monoisotopic (exact) mass is 320 g/mol. The molecule has 0 amide bonds. The van der Waals surface area contributed by atoms with E-state index in [2.05, 4.69) is 20.5 Å². The highest BCUT2D eigenvalue weighted by molar-refractivity contribution is 5.25. The maximum Gasteiger partial charge on any atom is 0.213 e. The maximum absolute atomic E-state index is 14.0. The number of nitrogens with one attached hydrogen (secondary N) is 2. The number of hydrogen-bond donors (Lipinski definition) is 2. The Morgan fingerprint density at radius 2 is 2.39 bits per heavy atom. The summed E-state index contributed by atoms with van der Waals surface area (Å²) in [6.07, 6.45) is 5.85. The molecular weight excluding hydrogens is 299 g/mol. The van der Waals surface area contributed by atoms with Gasteiger partial charge in [-0.05, 0) is 13.3 Å². The summed E-state index contributed by atoms with van der Waals surface area (Å²) in [7, 11) is 1.52. The van der Waals surface area contributed by atoms with Crippen LogP contribution in [0.3, 0.4) is 0 Å². The Labute approximate surface area is 134 Å². The number of aromatic amines is 1. The highest BCUT2D eigenvalue weighted by Gasteiger charge is 2.30. The summed E-state index contributed by atoms with van der Waals surface area (Å²) in [5, 5.41) is 10.2. The second-order valence-electron chi connectivity index (χ2n) is 5.75. The molecule has 0 spiro atoms. The molecule has 3 rings (SSSR count). The van der Waals surface area contributed by atoms with Gasteiger partial charge in [0.1, 0.15) is 5.82 Å². The van der Waals surface area contributed by atoms with Crippen LogP contribution in [0.2, 0.25) is 0 Å². The SMILES string of the molecule is COc1cc(C(C)NC[C@H]2CCO[C@@H]2c2cn[nH]c2)c(F)cn1. The molecule has 1 aliphatic heterocycles. The molecule has 0 bridgehead atoms. The van der Waals surface area contributed by atoms with Crippen molar-refractivity contribution in [2.24, 2.45) is 5.92 Å². The number of H-pyrrole nitrogens is 1. The molecule has 3 heterocycles. The third kappa shape index (κ3) is 3.51. The van der Waals surface area contributed by atoms with Crippen LogP contribution in [-0.4, -0.2) is 35.4 Å². The van der Waals surface area contributed by atoms with Gasteiger partial charge in [-0.2, -0.15) is 5.10 Å². The lowest BCUT2D eigenvalue weighted by atomic mass is 9.96. The normalized spacial score (nSPS) is 22.2. The van der Waals surface area contributed by atoms with Gasteiger partial charge in [-0.1, -0.05) is 0 Å². The van der Waals surface area contributed by atoms with Crippen LogP contribution in [0, 0.1) is 11.7 Å². The molecule has 0 radical (unpaired) electrons. The Hall–Kier alpha value is -1.99. The van der Waals surface area contributed by atoms with E-state index in [0.717, 1.165) is 25.1 Å². The van der Waals surface area contributed by atoms with Crippen LogP contribution >= 0.6 is 0 Å². The molecule has 124 valence electrons. The summed E-state index contributed by atoms with van der Waals surface area (Å²) in [6.45, 7) is 3.40. The van der Waals surface area contributed by atoms with Crippen molar-refractivity contribution in [3.63, 3.8) is 0 Å². The molecule has 6 nitrogen and oxygen atoms in total. The van der Waals surface area contributed by atoms with E-state index in [-0.39, 0.29) is 18.0 Å². The number of nitrogens with zero attached hydrogens (tertiary/aromatic N) is 2. The summed E-state index contributed by atoms with van der Waals surface area (Å²) < 4.78 is 24.8. The molecule has 1 unspecified atom stereocenters. The van der Waals surface area contributed by atoms with E-state index in [1.54, 1.807) is 12.3 Å². The van der Waals surface area contributed by atoms with Crippen LogP contribution in [0.4, 0.5) is 4.39 Å². The van der Waals surface area contributed by atoms with E-state index in [4.69, 9.17) is 9.47 Å². The molecule has 23 heavy (non-hydrogen) atoms. The Balaban J connectivity index is 1.63. The van der Waals surface area contributed by atoms with E-state index in [1.807, 2.05) is 13.1 Å². The minimum atomic E-state index is -0.333. The topological polar surface area (TPSA) is 72.1 Å². The lowest BCUT2D eigenvalue weighted by Crippen LogP contribution is -2.28. The van der Waals surface area contributed by atoms with Crippen LogP contribution in [0.25, 0.3) is 0 Å². The van der Waals surface area contributed by atoms with Crippen LogP contribution in [0.1, 0.15) is 36.6 Å². The molecule has 7 heteroatoms. The Kier molecular flexibility index (Phi) is 4.88. The van der Waals surface area contributed by atoms with Gasteiger partial charge in [0.15, 0.2) is 0 Å². The van der Waals surface area contributed by atoms with Crippen molar-refractivity contribution in [1.29, 1.82) is 0 Å². The zero-order chi connectivity index (χ0) is 16.2. The van der Waals surface area contributed by atoms with Gasteiger partial charge >= 0.3 is 0 Å². The molecule has 2 N–H and O–H groups in total. The predicted molar refractivity (Wildman–Crippen MR) is 82.6 cm³/mol. The van der Waals surface area contributed by atoms with Crippen LogP contribution < -0.4 is 10.1 Å². The first-order valence-electron chi connectivity index (χ1n) is 7.72. The van der Waals surface area contributed by atoms with Crippen molar-refractivity contribution in [2.45, 2.75) is 25.5 Å². The number of halogens is 1. The van der Waals surface area contributed by atoms with E-state index in [0.29, 0.717) is 17.4 Å². The van der Waals surface area contributed by atoms with Gasteiger partial charge in [-0.3, -0.25) is 5.10 Å². The van der Waals surface area contributed by atoms with Crippen molar-refractivity contribution in [2.75, 3.05) is 20.3 Å². The average molecular weight is 320 g/mol. The molecule has 0 saturated carbocycles. The van der Waals surface area contributed by atoms with Gasteiger partial charge in [0.2, 0.25) is 5.88 Å². The average Bonchev–Trinajstić information content (AvgIpc) is 3.23. The number of ether oxygens (including phenoxy) is 2. The van der Waals surface area contributed by atoms with Crippen molar-refractivity contribution in [3.05, 3.63) is 41.6 Å². The summed E-state index contributed by atoms with van der Waals surface area (Å²) in [5.74, 6) is 0.414. The Morgan fingerprint density at radius 3 is 3.13 bits per heavy atom. The van der Waals surface area contributed by atoms with E-state index >= 15 is 0 Å². The quantitative estimate of drug-likeness (QED) is 0.855. The Bertz CT molecular complexity index is 635. The van der Waals surface area contributed by atoms with Crippen molar-refractivity contribution in [3.8, 4) is 5.88 Å². The second-order valence-corrected chi connectivity index (χ2v) is 5.75. The molecule has 1 aliphatic rings. The fourth-order valence-corrected chi connectivity index (χ4v) is 2.94. The van der Waals surface area contributed by atoms with Crippen LogP contribution in [0.5, 0.6) is 5.88 Å². The summed E-state index contributed by atoms with van der Waals surface area (Å²) in [5.41, 5.74) is 1.61. The largest absolute Gasteiger partial charge is 0.481 e. The molecule has 1 fully saturated rings. The predicted octanol–water partition coefficient (Wildman–Crippen LogP) is 2.38. The minimum Gasteiger partial charge on any atom is -0.481 e. The van der Waals surface area contributed by atoms with Gasteiger partial charge in [-0.15, -0.1) is 0 Å². The van der Waals surface area contributed by atoms with Gasteiger partial charge in [0, 0.05) is 48.5 Å². The standard InChI is InChI=1S/C16H21FN4O2/c1-10(13-5-15(22-2)19-9-14(13)17)18-6-11-3-4-23-16(11)12-7-20-21-8-12/h5,7-11,16,18H,3-4,6H2,1-2H3,(H,20,21)/t10?,11-,16+/m1/s1. The minimum absolute atomic E-state index is 0.0327. The molecule has 3 atom stereocenters. The van der Waals surface area contributed by atoms with E-state index < -0.39 is 0 Å². The van der Waals surface area contributed by atoms with Crippen LogP contribution in [0.15, 0.2) is 24.7 Å². The molecular formula is C16H21FN4O2. The third-order valence-electron chi connectivity index (χ3n) is 4.28. The lowest BCUT2D eigenvalue weighted by Gasteiger charge is -2.21. The summed E-state index contributed by atoms with van der Waals surface area (Å²) in [4.78, 5) is 3.87. The van der Waals surface area contributed by atoms with Crippen molar-refractivity contribution >= 4 is 0 Å². The number of aromatic nitrogens is 3. The van der Waals surface area contributed by atoms with E-state index in [1.165, 1.54) is 13.3 Å². The number of methoxy groups -OCH3 is 1. The highest BCUT2D eigenvalue weighted by atomic mass is 19.1. The lowest BCUT2D eigenvalue weighted by molar-refractivity contribution is 0.0899. The first-order chi connectivity index (χ1) is 11.2. The van der Waals surface area contributed by atoms with Gasteiger partial charge in [0.25, 0.3) is 0 Å². The number of rotatable bonds is 6. The molecule has 2 aromatic heterocycles. The van der Waals surface area contributed by atoms with Crippen molar-refractivity contribution in [1.82, 2.24) is 20.5 Å². The van der Waals surface area contributed by atoms with Gasteiger partial charge < -0.3 is 14.8 Å². The van der Waals surface area contributed by atoms with Gasteiger partial charge in [0.05, 0.1) is 25.6 Å². The fourth-order valence-electron chi connectivity index (χ4n) is 2.94. The zero-order valence-electron chi connectivity index (χ0n) is 13.3. The molecule has 2 aromatic rings. The maximum atomic E-state index is 14.0. The number of hydrogen-bond acceptors (Lipinski definition) is 5. The Morgan fingerprint density at radius 1 is 1.52 bits per heavy atom. The first-order valence-corrected chi connectivity index (χ1v) is 7.72. The molecule has 0 aromatic carbocycles.